The van der Waals surface area contributed by atoms with E-state index in [2.05, 4.69) is 5.10 Å². The molecule has 4 heteroatoms. The third-order valence-corrected chi connectivity index (χ3v) is 1.78. The van der Waals surface area contributed by atoms with Gasteiger partial charge in [0.25, 0.3) is 0 Å². The number of aryl methyl sites for hydroxylation is 2. The van der Waals surface area contributed by atoms with Crippen molar-refractivity contribution < 1.29 is 4.79 Å². The molecule has 68 valence electrons. The number of hydrogen-bond acceptors (Lipinski definition) is 3. The van der Waals surface area contributed by atoms with Crippen LogP contribution in [0.15, 0.2) is 6.20 Å². The van der Waals surface area contributed by atoms with Gasteiger partial charge in [0.05, 0.1) is 23.7 Å². The normalized spacial score (nSPS) is 9.62. The molecule has 13 heavy (non-hydrogen) atoms. The monoisotopic (exact) mass is 177 g/mol. The number of aromatic nitrogens is 2. The topological polar surface area (TPSA) is 58.7 Å². The number of carbonyl (C=O) groups excluding carboxylic acids is 1. The summed E-state index contributed by atoms with van der Waals surface area (Å²) in [6, 6.07) is 1.84. The van der Waals surface area contributed by atoms with Crippen LogP contribution in [-0.4, -0.2) is 15.6 Å². The van der Waals surface area contributed by atoms with E-state index in [1.807, 2.05) is 13.0 Å². The highest BCUT2D eigenvalue weighted by Crippen LogP contribution is 2.09. The van der Waals surface area contributed by atoms with Crippen LogP contribution in [0.2, 0.25) is 0 Å². The maximum atomic E-state index is 11.4. The number of ketones is 1. The highest BCUT2D eigenvalue weighted by molar-refractivity contribution is 5.98. The van der Waals surface area contributed by atoms with Gasteiger partial charge in [-0.05, 0) is 6.42 Å². The molecule has 0 aliphatic heterocycles. The van der Waals surface area contributed by atoms with Gasteiger partial charge in [0.15, 0.2) is 5.78 Å². The predicted octanol–water partition coefficient (Wildman–Crippen LogP) is 1.08. The standard InChI is InChI=1S/C9H11N3O/c1-3-8-7(6-12(2)11-8)9(13)4-5-10/h6H,3-4H2,1-2H3. The van der Waals surface area contributed by atoms with Crippen molar-refractivity contribution in [2.75, 3.05) is 0 Å². The Kier molecular flexibility index (Phi) is 2.80. The maximum absolute atomic E-state index is 11.4. The van der Waals surface area contributed by atoms with Gasteiger partial charge in [-0.3, -0.25) is 9.48 Å². The average Bonchev–Trinajstić information content (AvgIpc) is 2.47. The van der Waals surface area contributed by atoms with Gasteiger partial charge in [-0.2, -0.15) is 10.4 Å². The second-order valence-electron chi connectivity index (χ2n) is 2.77. The lowest BCUT2D eigenvalue weighted by atomic mass is 10.1. The molecule has 1 rings (SSSR count). The molecule has 0 saturated carbocycles. The van der Waals surface area contributed by atoms with Crippen LogP contribution in [-0.2, 0) is 13.5 Å². The summed E-state index contributed by atoms with van der Waals surface area (Å²) in [7, 11) is 1.77. The van der Waals surface area contributed by atoms with Crippen LogP contribution in [0.25, 0.3) is 0 Å². The summed E-state index contributed by atoms with van der Waals surface area (Å²) >= 11 is 0. The van der Waals surface area contributed by atoms with Crippen molar-refractivity contribution in [2.24, 2.45) is 7.05 Å². The van der Waals surface area contributed by atoms with Crippen LogP contribution in [0, 0.1) is 11.3 Å². The quantitative estimate of drug-likeness (QED) is 0.649. The first-order chi connectivity index (χ1) is 6.19. The fraction of sp³-hybridized carbons (Fsp3) is 0.444. The van der Waals surface area contributed by atoms with E-state index in [0.717, 1.165) is 5.69 Å². The molecule has 0 aromatic carbocycles. The van der Waals surface area contributed by atoms with Crippen LogP contribution < -0.4 is 0 Å². The lowest BCUT2D eigenvalue weighted by Crippen LogP contribution is -1.99. The van der Waals surface area contributed by atoms with E-state index in [1.54, 1.807) is 17.9 Å². The predicted molar refractivity (Wildman–Crippen MR) is 47.1 cm³/mol. The lowest BCUT2D eigenvalue weighted by molar-refractivity contribution is 0.0997. The number of nitrogens with zero attached hydrogens (tertiary/aromatic N) is 3. The molecule has 0 radical (unpaired) electrons. The molecule has 1 aromatic rings. The van der Waals surface area contributed by atoms with Crippen molar-refractivity contribution in [1.29, 1.82) is 5.26 Å². The fourth-order valence-electron chi connectivity index (χ4n) is 1.20. The van der Waals surface area contributed by atoms with Crippen LogP contribution in [0.4, 0.5) is 0 Å². The summed E-state index contributed by atoms with van der Waals surface area (Å²) in [6.45, 7) is 1.94. The van der Waals surface area contributed by atoms with Crippen LogP contribution in [0.3, 0.4) is 0 Å². The molecule has 0 aliphatic rings. The van der Waals surface area contributed by atoms with Crippen molar-refractivity contribution >= 4 is 5.78 Å². The van der Waals surface area contributed by atoms with Gasteiger partial charge in [-0.25, -0.2) is 0 Å². The first kappa shape index (κ1) is 9.46. The molecule has 0 N–H and O–H groups in total. The molecule has 0 spiro atoms. The van der Waals surface area contributed by atoms with Gasteiger partial charge in [0.2, 0.25) is 0 Å². The summed E-state index contributed by atoms with van der Waals surface area (Å²) < 4.78 is 1.60. The smallest absolute Gasteiger partial charge is 0.180 e. The van der Waals surface area contributed by atoms with Crippen LogP contribution in [0.5, 0.6) is 0 Å². The second-order valence-corrected chi connectivity index (χ2v) is 2.77. The number of nitriles is 1. The minimum Gasteiger partial charge on any atom is -0.293 e. The molecule has 0 bridgehead atoms. The number of hydrogen-bond donors (Lipinski definition) is 0. The third kappa shape index (κ3) is 1.94. The lowest BCUT2D eigenvalue weighted by Gasteiger charge is -1.92. The Balaban J connectivity index is 2.99. The van der Waals surface area contributed by atoms with E-state index >= 15 is 0 Å². The average molecular weight is 177 g/mol. The molecule has 0 saturated heterocycles. The first-order valence-electron chi connectivity index (χ1n) is 4.11. The van der Waals surface area contributed by atoms with Gasteiger partial charge in [0.1, 0.15) is 0 Å². The third-order valence-electron chi connectivity index (χ3n) is 1.78. The van der Waals surface area contributed by atoms with E-state index in [-0.39, 0.29) is 12.2 Å². The van der Waals surface area contributed by atoms with Gasteiger partial charge in [-0.1, -0.05) is 6.92 Å². The van der Waals surface area contributed by atoms with E-state index < -0.39 is 0 Å². The second kappa shape index (κ2) is 3.85. The summed E-state index contributed by atoms with van der Waals surface area (Å²) in [4.78, 5) is 11.4. The Morgan fingerprint density at radius 1 is 1.77 bits per heavy atom. The number of carbonyl (C=O) groups is 1. The Bertz CT molecular complexity index is 359. The molecular weight excluding hydrogens is 166 g/mol. The molecule has 0 atom stereocenters. The van der Waals surface area contributed by atoms with Crippen molar-refractivity contribution in [3.63, 3.8) is 0 Å². The van der Waals surface area contributed by atoms with Crippen molar-refractivity contribution in [3.8, 4) is 6.07 Å². The Labute approximate surface area is 76.8 Å². The van der Waals surface area contributed by atoms with Crippen molar-refractivity contribution in [1.82, 2.24) is 9.78 Å². The molecule has 1 heterocycles. The molecule has 1 aromatic heterocycles. The van der Waals surface area contributed by atoms with Gasteiger partial charge >= 0.3 is 0 Å². The van der Waals surface area contributed by atoms with Gasteiger partial charge in [-0.15, -0.1) is 0 Å². The Morgan fingerprint density at radius 2 is 2.46 bits per heavy atom. The summed E-state index contributed by atoms with van der Waals surface area (Å²) in [5.41, 5.74) is 1.34. The zero-order valence-electron chi connectivity index (χ0n) is 7.74. The van der Waals surface area contributed by atoms with E-state index in [4.69, 9.17) is 5.26 Å². The zero-order valence-corrected chi connectivity index (χ0v) is 7.74. The summed E-state index contributed by atoms with van der Waals surface area (Å²) in [5.74, 6) is -0.146. The maximum Gasteiger partial charge on any atom is 0.180 e. The highest BCUT2D eigenvalue weighted by atomic mass is 16.1. The molecule has 0 unspecified atom stereocenters. The molecule has 0 fully saturated rings. The molecular formula is C9H11N3O. The molecule has 4 nitrogen and oxygen atoms in total. The number of Topliss-reactive ketones (excluding diaryl/α,β-unsaturated/α-hetero) is 1. The minimum absolute atomic E-state index is 0.0707. The number of rotatable bonds is 3. The minimum atomic E-state index is -0.146. The van der Waals surface area contributed by atoms with Crippen molar-refractivity contribution in [3.05, 3.63) is 17.5 Å². The highest BCUT2D eigenvalue weighted by Gasteiger charge is 2.13. The van der Waals surface area contributed by atoms with Crippen molar-refractivity contribution in [2.45, 2.75) is 19.8 Å². The van der Waals surface area contributed by atoms with E-state index in [0.29, 0.717) is 12.0 Å². The first-order valence-corrected chi connectivity index (χ1v) is 4.11. The van der Waals surface area contributed by atoms with E-state index in [1.165, 1.54) is 0 Å². The molecule has 0 amide bonds. The van der Waals surface area contributed by atoms with E-state index in [9.17, 15) is 4.79 Å². The molecule has 0 aliphatic carbocycles. The van der Waals surface area contributed by atoms with Gasteiger partial charge < -0.3 is 0 Å². The van der Waals surface area contributed by atoms with Crippen LogP contribution in [0.1, 0.15) is 29.4 Å². The zero-order chi connectivity index (χ0) is 9.84. The van der Waals surface area contributed by atoms with Crippen LogP contribution >= 0.6 is 0 Å². The summed E-state index contributed by atoms with van der Waals surface area (Å²) in [6.07, 6.45) is 2.31. The Hall–Kier alpha value is -1.63. The SMILES string of the molecule is CCc1nn(C)cc1C(=O)CC#N. The fourth-order valence-corrected chi connectivity index (χ4v) is 1.20. The summed E-state index contributed by atoms with van der Waals surface area (Å²) in [5, 5.41) is 12.5. The van der Waals surface area contributed by atoms with Gasteiger partial charge in [0, 0.05) is 13.2 Å². The Morgan fingerprint density at radius 3 is 3.00 bits per heavy atom. The largest absolute Gasteiger partial charge is 0.293 e.